The van der Waals surface area contributed by atoms with Crippen molar-refractivity contribution < 1.29 is 23.0 Å². The van der Waals surface area contributed by atoms with Gasteiger partial charge >= 0.3 is 6.18 Å². The zero-order chi connectivity index (χ0) is 12.3. The molecular weight excluding hydrogens is 223 g/mol. The van der Waals surface area contributed by atoms with E-state index in [0.29, 0.717) is 11.3 Å². The van der Waals surface area contributed by atoms with Crippen LogP contribution in [-0.2, 0) is 6.61 Å². The summed E-state index contributed by atoms with van der Waals surface area (Å²) in [4.78, 5) is 3.82. The first kappa shape index (κ1) is 12.8. The number of aryl methyl sites for hydroxylation is 1. The molecule has 0 amide bonds. The maximum absolute atomic E-state index is 12.2. The third-order valence-electron chi connectivity index (χ3n) is 2.10. The third kappa shape index (κ3) is 3.10. The Hall–Kier alpha value is -1.30. The highest BCUT2D eigenvalue weighted by molar-refractivity contribution is 5.24. The minimum absolute atomic E-state index is 0.0977. The average Bonchev–Trinajstić information content (AvgIpc) is 2.16. The van der Waals surface area contributed by atoms with E-state index in [2.05, 4.69) is 9.72 Å². The van der Waals surface area contributed by atoms with Gasteiger partial charge in [-0.15, -0.1) is 0 Å². The lowest BCUT2D eigenvalue weighted by Crippen LogP contribution is -2.31. The number of halogens is 3. The summed E-state index contributed by atoms with van der Waals surface area (Å²) in [6.45, 7) is 2.31. The number of rotatable bonds is 3. The van der Waals surface area contributed by atoms with E-state index < -0.39 is 12.3 Å². The van der Waals surface area contributed by atoms with Crippen molar-refractivity contribution in [2.75, 3.05) is 0 Å². The van der Waals surface area contributed by atoms with Crippen LogP contribution in [0.1, 0.15) is 18.2 Å². The maximum Gasteiger partial charge on any atom is 0.425 e. The lowest BCUT2D eigenvalue weighted by atomic mass is 10.2. The first-order chi connectivity index (χ1) is 7.34. The highest BCUT2D eigenvalue weighted by Crippen LogP contribution is 2.24. The number of aromatic nitrogens is 1. The fourth-order valence-corrected chi connectivity index (χ4v) is 1.05. The Morgan fingerprint density at radius 2 is 2.06 bits per heavy atom. The van der Waals surface area contributed by atoms with Gasteiger partial charge in [0.1, 0.15) is 0 Å². The van der Waals surface area contributed by atoms with E-state index in [-0.39, 0.29) is 12.5 Å². The van der Waals surface area contributed by atoms with E-state index in [1.54, 1.807) is 6.92 Å². The number of aliphatic hydroxyl groups excluding tert-OH is 1. The van der Waals surface area contributed by atoms with Gasteiger partial charge in [0.05, 0.1) is 6.61 Å². The Balaban J connectivity index is 2.79. The molecule has 1 rings (SSSR count). The highest BCUT2D eigenvalue weighted by atomic mass is 19.4. The molecule has 0 spiro atoms. The van der Waals surface area contributed by atoms with Crippen LogP contribution in [0.2, 0.25) is 0 Å². The summed E-state index contributed by atoms with van der Waals surface area (Å²) < 4.78 is 41.2. The molecule has 1 N–H and O–H groups in total. The molecule has 0 fully saturated rings. The number of ether oxygens (including phenoxy) is 1. The molecular formula is C10H12F3NO2. The van der Waals surface area contributed by atoms with Crippen molar-refractivity contribution in [1.29, 1.82) is 0 Å². The molecule has 6 heteroatoms. The molecule has 3 nitrogen and oxygen atoms in total. The molecule has 0 saturated carbocycles. The molecule has 1 aromatic rings. The summed E-state index contributed by atoms with van der Waals surface area (Å²) in [5.41, 5.74) is 1.02. The lowest BCUT2D eigenvalue weighted by molar-refractivity contribution is -0.190. The second kappa shape index (κ2) is 4.69. The Morgan fingerprint density at radius 3 is 2.50 bits per heavy atom. The van der Waals surface area contributed by atoms with E-state index in [4.69, 9.17) is 5.11 Å². The number of hydrogen-bond donors (Lipinski definition) is 1. The second-order valence-corrected chi connectivity index (χ2v) is 3.35. The minimum Gasteiger partial charge on any atom is -0.465 e. The van der Waals surface area contributed by atoms with E-state index in [1.165, 1.54) is 12.1 Å². The van der Waals surface area contributed by atoms with Gasteiger partial charge < -0.3 is 9.84 Å². The Bertz CT molecular complexity index is 366. The SMILES string of the molecule is Cc1nc(OC(C)C(F)(F)F)ccc1CO. The van der Waals surface area contributed by atoms with Crippen LogP contribution in [0.3, 0.4) is 0 Å². The van der Waals surface area contributed by atoms with Gasteiger partial charge in [0.25, 0.3) is 0 Å². The zero-order valence-electron chi connectivity index (χ0n) is 8.88. The molecule has 0 aliphatic rings. The van der Waals surface area contributed by atoms with Crippen LogP contribution in [0.25, 0.3) is 0 Å². The topological polar surface area (TPSA) is 42.4 Å². The van der Waals surface area contributed by atoms with E-state index >= 15 is 0 Å². The van der Waals surface area contributed by atoms with Crippen molar-refractivity contribution in [3.05, 3.63) is 23.4 Å². The van der Waals surface area contributed by atoms with E-state index in [1.807, 2.05) is 0 Å². The van der Waals surface area contributed by atoms with Gasteiger partial charge in [0.15, 0.2) is 6.10 Å². The summed E-state index contributed by atoms with van der Waals surface area (Å²) >= 11 is 0. The van der Waals surface area contributed by atoms with Crippen LogP contribution >= 0.6 is 0 Å². The third-order valence-corrected chi connectivity index (χ3v) is 2.10. The van der Waals surface area contributed by atoms with Gasteiger partial charge in [-0.3, -0.25) is 0 Å². The quantitative estimate of drug-likeness (QED) is 0.873. The molecule has 0 aliphatic heterocycles. The van der Waals surface area contributed by atoms with Crippen molar-refractivity contribution >= 4 is 0 Å². The highest BCUT2D eigenvalue weighted by Gasteiger charge is 2.38. The van der Waals surface area contributed by atoms with Crippen LogP contribution < -0.4 is 4.74 Å². The van der Waals surface area contributed by atoms with Crippen molar-refractivity contribution in [2.24, 2.45) is 0 Å². The number of alkyl halides is 3. The number of hydrogen-bond acceptors (Lipinski definition) is 3. The van der Waals surface area contributed by atoms with Crippen LogP contribution in [0.4, 0.5) is 13.2 Å². The van der Waals surface area contributed by atoms with Crippen molar-refractivity contribution in [3.8, 4) is 5.88 Å². The Labute approximate surface area is 90.9 Å². The Kier molecular flexibility index (Phi) is 3.74. The smallest absolute Gasteiger partial charge is 0.425 e. The number of pyridine rings is 1. The summed E-state index contributed by atoms with van der Waals surface area (Å²) in [5, 5.41) is 8.86. The first-order valence-electron chi connectivity index (χ1n) is 4.65. The number of nitrogens with zero attached hydrogens (tertiary/aromatic N) is 1. The van der Waals surface area contributed by atoms with Crippen LogP contribution in [0.5, 0.6) is 5.88 Å². The monoisotopic (exact) mass is 235 g/mol. The van der Waals surface area contributed by atoms with Gasteiger partial charge in [0, 0.05) is 11.8 Å². The molecule has 0 aliphatic carbocycles. The van der Waals surface area contributed by atoms with Crippen molar-refractivity contribution in [3.63, 3.8) is 0 Å². The molecule has 0 saturated heterocycles. The van der Waals surface area contributed by atoms with Crippen molar-refractivity contribution in [2.45, 2.75) is 32.7 Å². The summed E-state index contributed by atoms with van der Waals surface area (Å²) in [7, 11) is 0. The fourth-order valence-electron chi connectivity index (χ4n) is 1.05. The zero-order valence-corrected chi connectivity index (χ0v) is 8.88. The molecule has 1 atom stereocenters. The van der Waals surface area contributed by atoms with Crippen LogP contribution in [0, 0.1) is 6.92 Å². The average molecular weight is 235 g/mol. The van der Waals surface area contributed by atoms with Crippen LogP contribution in [0.15, 0.2) is 12.1 Å². The second-order valence-electron chi connectivity index (χ2n) is 3.35. The van der Waals surface area contributed by atoms with Gasteiger partial charge in [-0.05, 0) is 25.5 Å². The van der Waals surface area contributed by atoms with E-state index in [9.17, 15) is 13.2 Å². The van der Waals surface area contributed by atoms with E-state index in [0.717, 1.165) is 6.92 Å². The van der Waals surface area contributed by atoms with Crippen LogP contribution in [-0.4, -0.2) is 22.4 Å². The molecule has 90 valence electrons. The van der Waals surface area contributed by atoms with Gasteiger partial charge in [-0.2, -0.15) is 13.2 Å². The number of aliphatic hydroxyl groups is 1. The molecule has 1 aromatic heterocycles. The maximum atomic E-state index is 12.2. The predicted molar refractivity (Wildman–Crippen MR) is 51.0 cm³/mol. The summed E-state index contributed by atoms with van der Waals surface area (Å²) in [5.74, 6) is -0.0977. The molecule has 0 radical (unpaired) electrons. The Morgan fingerprint density at radius 1 is 1.44 bits per heavy atom. The standard InChI is InChI=1S/C10H12F3NO2/c1-6-8(5-15)3-4-9(14-6)16-7(2)10(11,12)13/h3-4,7,15H,5H2,1-2H3. The lowest BCUT2D eigenvalue weighted by Gasteiger charge is -2.17. The predicted octanol–water partition coefficient (Wildman–Crippen LogP) is 2.21. The normalized spacial score (nSPS) is 13.6. The minimum atomic E-state index is -4.41. The van der Waals surface area contributed by atoms with Gasteiger partial charge in [0.2, 0.25) is 5.88 Å². The molecule has 1 heterocycles. The molecule has 0 bridgehead atoms. The molecule has 0 aromatic carbocycles. The molecule has 16 heavy (non-hydrogen) atoms. The largest absolute Gasteiger partial charge is 0.465 e. The van der Waals surface area contributed by atoms with Gasteiger partial charge in [-0.1, -0.05) is 0 Å². The molecule has 1 unspecified atom stereocenters. The van der Waals surface area contributed by atoms with Gasteiger partial charge in [-0.25, -0.2) is 4.98 Å². The summed E-state index contributed by atoms with van der Waals surface area (Å²) in [6, 6.07) is 2.79. The summed E-state index contributed by atoms with van der Waals surface area (Å²) in [6.07, 6.45) is -6.31. The first-order valence-corrected chi connectivity index (χ1v) is 4.65. The fraction of sp³-hybridized carbons (Fsp3) is 0.500. The van der Waals surface area contributed by atoms with Crippen molar-refractivity contribution in [1.82, 2.24) is 4.98 Å².